The minimum atomic E-state index is -0.401. The van der Waals surface area contributed by atoms with Gasteiger partial charge in [-0.3, -0.25) is 0 Å². The first-order chi connectivity index (χ1) is 13.7. The molecule has 0 amide bonds. The molecule has 0 fully saturated rings. The zero-order valence-electron chi connectivity index (χ0n) is 18.1. The van der Waals surface area contributed by atoms with Crippen molar-refractivity contribution in [2.45, 2.75) is 84.2 Å². The third-order valence-electron chi connectivity index (χ3n) is 6.36. The van der Waals surface area contributed by atoms with E-state index in [9.17, 15) is 5.11 Å². The van der Waals surface area contributed by atoms with Gasteiger partial charge in [-0.1, -0.05) is 82.7 Å². The van der Waals surface area contributed by atoms with Crippen LogP contribution < -0.4 is 0 Å². The number of unbranched alkanes of at least 4 members (excludes halogenated alkanes) is 6. The smallest absolute Gasteiger partial charge is 0.0922 e. The number of nitrogens with zero attached hydrogens (tertiary/aromatic N) is 1. The van der Waals surface area contributed by atoms with Gasteiger partial charge in [0.05, 0.1) is 6.10 Å². The van der Waals surface area contributed by atoms with Gasteiger partial charge in [-0.2, -0.15) is 0 Å². The molecule has 1 N–H and O–H groups in total. The number of rotatable bonds is 13. The van der Waals surface area contributed by atoms with E-state index in [1.165, 1.54) is 73.3 Å². The fourth-order valence-corrected chi connectivity index (χ4v) is 4.72. The van der Waals surface area contributed by atoms with Gasteiger partial charge in [-0.05, 0) is 66.2 Å². The van der Waals surface area contributed by atoms with Crippen molar-refractivity contribution < 1.29 is 5.11 Å². The molecule has 0 saturated heterocycles. The van der Waals surface area contributed by atoms with Gasteiger partial charge < -0.3 is 10.0 Å². The van der Waals surface area contributed by atoms with E-state index in [1.54, 1.807) is 0 Å². The van der Waals surface area contributed by atoms with Crippen molar-refractivity contribution in [3.8, 4) is 0 Å². The van der Waals surface area contributed by atoms with Crippen LogP contribution in [0.25, 0.3) is 10.8 Å². The summed E-state index contributed by atoms with van der Waals surface area (Å²) in [6, 6.07) is 11.1. The lowest BCUT2D eigenvalue weighted by atomic mass is 9.96. The molecule has 0 heterocycles. The fourth-order valence-electron chi connectivity index (χ4n) is 4.72. The monoisotopic (exact) mass is 381 g/mol. The van der Waals surface area contributed by atoms with E-state index in [4.69, 9.17) is 0 Å². The summed E-state index contributed by atoms with van der Waals surface area (Å²) in [6.45, 7) is 7.52. The van der Waals surface area contributed by atoms with Crippen LogP contribution in [0.5, 0.6) is 0 Å². The standard InChI is InChI=1S/C26H39NO/c1-3-5-7-9-18-27(19-10-8-6-4-2)20-25(28)23-17-16-22-15-14-21-12-11-13-24(23)26(21)22/h11-13,16-17,25,28H,3-10,14-15,18-20H2,1-2H3/t25-/m0/s1. The van der Waals surface area contributed by atoms with E-state index in [0.29, 0.717) is 0 Å². The Labute approximate surface area is 172 Å². The van der Waals surface area contributed by atoms with Crippen LogP contribution in [0.1, 0.15) is 88.0 Å². The number of aryl methyl sites for hydroxylation is 2. The zero-order chi connectivity index (χ0) is 19.8. The van der Waals surface area contributed by atoms with Crippen LogP contribution in [0.15, 0.2) is 30.3 Å². The Bertz CT molecular complexity index is 716. The molecule has 154 valence electrons. The number of hydrogen-bond acceptors (Lipinski definition) is 2. The van der Waals surface area contributed by atoms with E-state index in [-0.39, 0.29) is 0 Å². The maximum absolute atomic E-state index is 11.2. The molecule has 2 aromatic rings. The Morgan fingerprint density at radius 3 is 2.11 bits per heavy atom. The van der Waals surface area contributed by atoms with E-state index in [0.717, 1.165) is 38.0 Å². The molecule has 0 saturated carbocycles. The van der Waals surface area contributed by atoms with Gasteiger partial charge in [-0.15, -0.1) is 0 Å². The van der Waals surface area contributed by atoms with Gasteiger partial charge >= 0.3 is 0 Å². The van der Waals surface area contributed by atoms with Gasteiger partial charge in [0, 0.05) is 6.54 Å². The van der Waals surface area contributed by atoms with E-state index < -0.39 is 6.10 Å². The predicted molar refractivity (Wildman–Crippen MR) is 121 cm³/mol. The minimum absolute atomic E-state index is 0.401. The lowest BCUT2D eigenvalue weighted by molar-refractivity contribution is 0.111. The van der Waals surface area contributed by atoms with Gasteiger partial charge in [0.1, 0.15) is 0 Å². The van der Waals surface area contributed by atoms with Gasteiger partial charge in [0.2, 0.25) is 0 Å². The molecule has 28 heavy (non-hydrogen) atoms. The number of benzene rings is 2. The summed E-state index contributed by atoms with van der Waals surface area (Å²) in [5.74, 6) is 0. The normalized spacial score (nSPS) is 14.3. The Morgan fingerprint density at radius 1 is 0.821 bits per heavy atom. The maximum Gasteiger partial charge on any atom is 0.0922 e. The Balaban J connectivity index is 1.68. The van der Waals surface area contributed by atoms with Crippen LogP contribution in [0, 0.1) is 0 Å². The summed E-state index contributed by atoms with van der Waals surface area (Å²) in [5.41, 5.74) is 4.03. The molecule has 0 aliphatic heterocycles. The molecule has 2 nitrogen and oxygen atoms in total. The highest BCUT2D eigenvalue weighted by Gasteiger charge is 2.20. The molecule has 2 aromatic carbocycles. The van der Waals surface area contributed by atoms with Crippen LogP contribution >= 0.6 is 0 Å². The lowest BCUT2D eigenvalue weighted by Gasteiger charge is -2.26. The van der Waals surface area contributed by atoms with Gasteiger partial charge in [0.15, 0.2) is 0 Å². The van der Waals surface area contributed by atoms with E-state index in [2.05, 4.69) is 49.1 Å². The van der Waals surface area contributed by atoms with Crippen LogP contribution in [0.2, 0.25) is 0 Å². The number of hydrogen-bond donors (Lipinski definition) is 1. The van der Waals surface area contributed by atoms with Crippen molar-refractivity contribution in [2.75, 3.05) is 19.6 Å². The van der Waals surface area contributed by atoms with Crippen LogP contribution in [-0.4, -0.2) is 29.6 Å². The largest absolute Gasteiger partial charge is 0.387 e. The Hall–Kier alpha value is -1.38. The maximum atomic E-state index is 11.2. The average Bonchev–Trinajstić information content (AvgIpc) is 3.13. The average molecular weight is 382 g/mol. The molecule has 0 spiro atoms. The molecule has 1 atom stereocenters. The number of aliphatic hydroxyl groups is 1. The van der Waals surface area contributed by atoms with Gasteiger partial charge in [0.25, 0.3) is 0 Å². The molecule has 0 radical (unpaired) electrons. The summed E-state index contributed by atoms with van der Waals surface area (Å²) >= 11 is 0. The molecular weight excluding hydrogens is 342 g/mol. The van der Waals surface area contributed by atoms with E-state index in [1.807, 2.05) is 0 Å². The summed E-state index contributed by atoms with van der Waals surface area (Å²) in [5, 5.41) is 13.8. The molecule has 1 aliphatic carbocycles. The van der Waals surface area contributed by atoms with Crippen molar-refractivity contribution in [1.82, 2.24) is 4.90 Å². The predicted octanol–water partition coefficient (Wildman–Crippen LogP) is 6.43. The van der Waals surface area contributed by atoms with Crippen molar-refractivity contribution in [3.05, 3.63) is 47.0 Å². The van der Waals surface area contributed by atoms with Crippen LogP contribution in [0.4, 0.5) is 0 Å². The topological polar surface area (TPSA) is 23.5 Å². The lowest BCUT2D eigenvalue weighted by Crippen LogP contribution is -2.31. The van der Waals surface area contributed by atoms with Crippen molar-refractivity contribution in [1.29, 1.82) is 0 Å². The molecular formula is C26H39NO. The fraction of sp³-hybridized carbons (Fsp3) is 0.615. The Morgan fingerprint density at radius 2 is 1.46 bits per heavy atom. The highest BCUT2D eigenvalue weighted by molar-refractivity contribution is 5.93. The summed E-state index contributed by atoms with van der Waals surface area (Å²) in [4.78, 5) is 2.51. The van der Waals surface area contributed by atoms with E-state index >= 15 is 0 Å². The van der Waals surface area contributed by atoms with Crippen molar-refractivity contribution in [2.24, 2.45) is 0 Å². The second-order valence-corrected chi connectivity index (χ2v) is 8.59. The van der Waals surface area contributed by atoms with Crippen LogP contribution in [-0.2, 0) is 12.8 Å². The zero-order valence-corrected chi connectivity index (χ0v) is 18.1. The van der Waals surface area contributed by atoms with Gasteiger partial charge in [-0.25, -0.2) is 0 Å². The van der Waals surface area contributed by atoms with Crippen LogP contribution in [0.3, 0.4) is 0 Å². The third-order valence-corrected chi connectivity index (χ3v) is 6.36. The highest BCUT2D eigenvalue weighted by Crippen LogP contribution is 2.35. The first-order valence-electron chi connectivity index (χ1n) is 11.7. The molecule has 1 aliphatic rings. The highest BCUT2D eigenvalue weighted by atomic mass is 16.3. The summed E-state index contributed by atoms with van der Waals surface area (Å²) in [6.07, 6.45) is 12.2. The molecule has 0 unspecified atom stereocenters. The molecule has 3 rings (SSSR count). The number of aliphatic hydroxyl groups excluding tert-OH is 1. The minimum Gasteiger partial charge on any atom is -0.387 e. The second-order valence-electron chi connectivity index (χ2n) is 8.59. The molecule has 0 bridgehead atoms. The summed E-state index contributed by atoms with van der Waals surface area (Å²) < 4.78 is 0. The second kappa shape index (κ2) is 11.0. The first kappa shape index (κ1) is 21.3. The Kier molecular flexibility index (Phi) is 8.36. The van der Waals surface area contributed by atoms with Crippen molar-refractivity contribution >= 4 is 10.8 Å². The third kappa shape index (κ3) is 5.36. The summed E-state index contributed by atoms with van der Waals surface area (Å²) in [7, 11) is 0. The molecule has 0 aromatic heterocycles. The van der Waals surface area contributed by atoms with Crippen molar-refractivity contribution in [3.63, 3.8) is 0 Å². The quantitative estimate of drug-likeness (QED) is 0.404. The first-order valence-corrected chi connectivity index (χ1v) is 11.7. The molecule has 2 heteroatoms. The SMILES string of the molecule is CCCCCCN(CCCCCC)C[C@H](O)c1ccc2c3c(cccc13)CC2.